The molecule has 0 rings (SSSR count). The van der Waals surface area contributed by atoms with Gasteiger partial charge in [-0.15, -0.1) is 0 Å². The van der Waals surface area contributed by atoms with Crippen molar-refractivity contribution in [1.29, 1.82) is 0 Å². The fourth-order valence-corrected chi connectivity index (χ4v) is 0.999. The lowest BCUT2D eigenvalue weighted by Crippen LogP contribution is -1.98. The van der Waals surface area contributed by atoms with Crippen LogP contribution in [0.1, 0.15) is 34.1 Å². The Kier molecular flexibility index (Phi) is 5.35. The predicted molar refractivity (Wildman–Crippen MR) is 53.0 cm³/mol. The maximum absolute atomic E-state index is 10.4. The van der Waals surface area contributed by atoms with E-state index in [1.165, 1.54) is 5.57 Å². The van der Waals surface area contributed by atoms with Crippen molar-refractivity contribution in [1.82, 2.24) is 0 Å². The van der Waals surface area contributed by atoms with Crippen molar-refractivity contribution in [3.05, 3.63) is 23.3 Å². The van der Waals surface area contributed by atoms with Crippen LogP contribution in [0, 0.1) is 5.92 Å². The highest BCUT2D eigenvalue weighted by atomic mass is 16.1. The van der Waals surface area contributed by atoms with Crippen molar-refractivity contribution in [3.8, 4) is 0 Å². The molecule has 0 aliphatic rings. The van der Waals surface area contributed by atoms with Crippen LogP contribution < -0.4 is 0 Å². The van der Waals surface area contributed by atoms with Crippen LogP contribution in [0.2, 0.25) is 0 Å². The molecule has 0 N–H and O–H groups in total. The van der Waals surface area contributed by atoms with Gasteiger partial charge in [-0.2, -0.15) is 0 Å². The normalized spacial score (nSPS) is 16.0. The van der Waals surface area contributed by atoms with Gasteiger partial charge in [0.2, 0.25) is 0 Å². The third-order valence-electron chi connectivity index (χ3n) is 2.26. The van der Waals surface area contributed by atoms with Crippen LogP contribution in [-0.2, 0) is 4.79 Å². The molecule has 0 amide bonds. The minimum Gasteiger partial charge on any atom is -0.298 e. The molecule has 1 nitrogen and oxygen atoms in total. The van der Waals surface area contributed by atoms with Crippen LogP contribution in [-0.4, -0.2) is 6.29 Å². The number of allylic oxidation sites excluding steroid dienone is 4. The Balaban J connectivity index is 4.27. The summed E-state index contributed by atoms with van der Waals surface area (Å²) < 4.78 is 0. The highest BCUT2D eigenvalue weighted by Gasteiger charge is 2.04. The zero-order chi connectivity index (χ0) is 9.56. The Labute approximate surface area is 75.2 Å². The SMILES string of the molecule is CC=CCC(C)C(C)=C(C)C=O. The van der Waals surface area contributed by atoms with Gasteiger partial charge in [-0.25, -0.2) is 0 Å². The standard InChI is InChI=1S/C11H18O/c1-5-6-7-9(2)11(4)10(3)8-12/h5-6,8-9H,7H2,1-4H3. The van der Waals surface area contributed by atoms with E-state index in [9.17, 15) is 4.79 Å². The first-order chi connectivity index (χ1) is 5.63. The molecular formula is C11H18O. The van der Waals surface area contributed by atoms with Crippen LogP contribution >= 0.6 is 0 Å². The van der Waals surface area contributed by atoms with Crippen LogP contribution in [0.25, 0.3) is 0 Å². The number of hydrogen-bond acceptors (Lipinski definition) is 1. The van der Waals surface area contributed by atoms with Gasteiger partial charge in [0.25, 0.3) is 0 Å². The fraction of sp³-hybridized carbons (Fsp3) is 0.545. The number of aldehydes is 1. The molecule has 0 aromatic carbocycles. The molecule has 0 spiro atoms. The first-order valence-electron chi connectivity index (χ1n) is 4.37. The molecule has 0 radical (unpaired) electrons. The van der Waals surface area contributed by atoms with E-state index in [2.05, 4.69) is 13.0 Å². The van der Waals surface area contributed by atoms with Crippen molar-refractivity contribution in [2.45, 2.75) is 34.1 Å². The largest absolute Gasteiger partial charge is 0.298 e. The summed E-state index contributed by atoms with van der Waals surface area (Å²) in [6.45, 7) is 8.05. The molecule has 0 saturated carbocycles. The summed E-state index contributed by atoms with van der Waals surface area (Å²) >= 11 is 0. The molecule has 0 saturated heterocycles. The molecule has 1 heteroatoms. The van der Waals surface area contributed by atoms with Crippen molar-refractivity contribution in [2.75, 3.05) is 0 Å². The summed E-state index contributed by atoms with van der Waals surface area (Å²) in [5.41, 5.74) is 2.06. The van der Waals surface area contributed by atoms with Crippen molar-refractivity contribution >= 4 is 6.29 Å². The molecule has 0 aliphatic carbocycles. The minimum atomic E-state index is 0.478. The van der Waals surface area contributed by atoms with Crippen LogP contribution in [0.15, 0.2) is 23.3 Å². The Morgan fingerprint density at radius 1 is 1.42 bits per heavy atom. The first-order valence-corrected chi connectivity index (χ1v) is 4.37. The van der Waals surface area contributed by atoms with E-state index in [0.29, 0.717) is 5.92 Å². The number of carbonyl (C=O) groups excluding carboxylic acids is 1. The number of carbonyl (C=O) groups is 1. The fourth-order valence-electron chi connectivity index (χ4n) is 0.999. The predicted octanol–water partition coefficient (Wildman–Crippen LogP) is 3.12. The van der Waals surface area contributed by atoms with E-state index in [4.69, 9.17) is 0 Å². The Bertz CT molecular complexity index is 199. The maximum atomic E-state index is 10.4. The summed E-state index contributed by atoms with van der Waals surface area (Å²) in [6, 6.07) is 0. The Hall–Kier alpha value is -0.850. The van der Waals surface area contributed by atoms with E-state index in [-0.39, 0.29) is 0 Å². The summed E-state index contributed by atoms with van der Waals surface area (Å²) in [7, 11) is 0. The van der Waals surface area contributed by atoms with Gasteiger partial charge in [0.1, 0.15) is 6.29 Å². The first kappa shape index (κ1) is 11.2. The molecule has 12 heavy (non-hydrogen) atoms. The lowest BCUT2D eigenvalue weighted by Gasteiger charge is -2.10. The molecule has 0 aromatic heterocycles. The van der Waals surface area contributed by atoms with Crippen molar-refractivity contribution in [3.63, 3.8) is 0 Å². The third-order valence-corrected chi connectivity index (χ3v) is 2.26. The lowest BCUT2D eigenvalue weighted by molar-refractivity contribution is -0.104. The summed E-state index contributed by atoms with van der Waals surface area (Å²) in [4.78, 5) is 10.4. The molecule has 0 bridgehead atoms. The van der Waals surface area contributed by atoms with E-state index in [0.717, 1.165) is 18.3 Å². The van der Waals surface area contributed by atoms with E-state index in [1.807, 2.05) is 26.8 Å². The van der Waals surface area contributed by atoms with Crippen LogP contribution in [0.4, 0.5) is 0 Å². The zero-order valence-electron chi connectivity index (χ0n) is 8.42. The second-order valence-electron chi connectivity index (χ2n) is 3.19. The second kappa shape index (κ2) is 5.76. The van der Waals surface area contributed by atoms with Gasteiger partial charge in [-0.05, 0) is 38.7 Å². The van der Waals surface area contributed by atoms with E-state index >= 15 is 0 Å². The second-order valence-corrected chi connectivity index (χ2v) is 3.19. The molecule has 1 atom stereocenters. The molecule has 1 unspecified atom stereocenters. The average Bonchev–Trinajstić information content (AvgIpc) is 2.11. The summed E-state index contributed by atoms with van der Waals surface area (Å²) in [5.74, 6) is 0.478. The van der Waals surface area contributed by atoms with Crippen molar-refractivity contribution < 1.29 is 4.79 Å². The van der Waals surface area contributed by atoms with Gasteiger partial charge in [0, 0.05) is 0 Å². The number of hydrogen-bond donors (Lipinski definition) is 0. The van der Waals surface area contributed by atoms with Crippen LogP contribution in [0.5, 0.6) is 0 Å². The quantitative estimate of drug-likeness (QED) is 0.356. The summed E-state index contributed by atoms with van der Waals surface area (Å²) in [6.07, 6.45) is 6.13. The van der Waals surface area contributed by atoms with Crippen LogP contribution in [0.3, 0.4) is 0 Å². The van der Waals surface area contributed by atoms with Gasteiger partial charge < -0.3 is 0 Å². The van der Waals surface area contributed by atoms with Gasteiger partial charge in [0.05, 0.1) is 0 Å². The zero-order valence-corrected chi connectivity index (χ0v) is 8.42. The highest BCUT2D eigenvalue weighted by molar-refractivity contribution is 5.73. The highest BCUT2D eigenvalue weighted by Crippen LogP contribution is 2.17. The van der Waals surface area contributed by atoms with Gasteiger partial charge >= 0.3 is 0 Å². The molecule has 0 aliphatic heterocycles. The smallest absolute Gasteiger partial charge is 0.145 e. The third kappa shape index (κ3) is 3.51. The van der Waals surface area contributed by atoms with E-state index in [1.54, 1.807) is 0 Å². The average molecular weight is 166 g/mol. The van der Waals surface area contributed by atoms with Gasteiger partial charge in [-0.3, -0.25) is 4.79 Å². The minimum absolute atomic E-state index is 0.478. The molecular weight excluding hydrogens is 148 g/mol. The Morgan fingerprint density at radius 3 is 2.42 bits per heavy atom. The topological polar surface area (TPSA) is 17.1 Å². The summed E-state index contributed by atoms with van der Waals surface area (Å²) in [5, 5.41) is 0. The molecule has 0 fully saturated rings. The monoisotopic (exact) mass is 166 g/mol. The number of rotatable bonds is 4. The lowest BCUT2D eigenvalue weighted by atomic mass is 9.95. The van der Waals surface area contributed by atoms with Crippen molar-refractivity contribution in [2.24, 2.45) is 5.92 Å². The van der Waals surface area contributed by atoms with Gasteiger partial charge in [-0.1, -0.05) is 24.6 Å². The molecule has 0 aromatic rings. The van der Waals surface area contributed by atoms with Gasteiger partial charge in [0.15, 0.2) is 0 Å². The maximum Gasteiger partial charge on any atom is 0.145 e. The van der Waals surface area contributed by atoms with E-state index < -0.39 is 0 Å². The molecule has 68 valence electrons. The molecule has 0 heterocycles. The Morgan fingerprint density at radius 2 is 2.00 bits per heavy atom.